The molecule has 2 aromatic carbocycles. The summed E-state index contributed by atoms with van der Waals surface area (Å²) in [6, 6.07) is 11.8. The second kappa shape index (κ2) is 5.99. The molecule has 124 valence electrons. The second-order valence-corrected chi connectivity index (χ2v) is 5.02. The Morgan fingerprint density at radius 3 is 2.38 bits per heavy atom. The maximum absolute atomic E-state index is 13.4. The minimum absolute atomic E-state index is 0.0111. The van der Waals surface area contributed by atoms with Crippen LogP contribution in [-0.4, -0.2) is 16.2 Å². The minimum Gasteiger partial charge on any atom is -0.494 e. The predicted octanol–water partition coefficient (Wildman–Crippen LogP) is 3.80. The molecule has 0 bridgehead atoms. The van der Waals surface area contributed by atoms with Gasteiger partial charge in [-0.25, -0.2) is 4.98 Å². The average Bonchev–Trinajstić information content (AvgIpc) is 2.55. The number of aromatic nitrogens is 2. The van der Waals surface area contributed by atoms with E-state index in [4.69, 9.17) is 4.74 Å². The van der Waals surface area contributed by atoms with Crippen LogP contribution in [0.25, 0.3) is 16.6 Å². The normalized spacial score (nSPS) is 11.7. The van der Waals surface area contributed by atoms with Crippen molar-refractivity contribution < 1.29 is 17.9 Å². The molecule has 0 unspecified atom stereocenters. The lowest BCUT2D eigenvalue weighted by molar-refractivity contribution is -0.146. The molecule has 0 radical (unpaired) electrons. The summed E-state index contributed by atoms with van der Waals surface area (Å²) >= 11 is 0. The van der Waals surface area contributed by atoms with Gasteiger partial charge in [0.25, 0.3) is 5.56 Å². The summed E-state index contributed by atoms with van der Waals surface area (Å²) in [6.45, 7) is 2.23. The summed E-state index contributed by atoms with van der Waals surface area (Å²) < 4.78 is 46.0. The molecule has 24 heavy (non-hydrogen) atoms. The van der Waals surface area contributed by atoms with E-state index in [9.17, 15) is 18.0 Å². The van der Waals surface area contributed by atoms with E-state index in [0.29, 0.717) is 16.9 Å². The van der Waals surface area contributed by atoms with Gasteiger partial charge in [0.2, 0.25) is 5.82 Å². The number of hydrogen-bond acceptors (Lipinski definition) is 3. The Kier molecular flexibility index (Phi) is 4.01. The van der Waals surface area contributed by atoms with Crippen LogP contribution >= 0.6 is 0 Å². The van der Waals surface area contributed by atoms with Crippen molar-refractivity contribution in [2.45, 2.75) is 13.1 Å². The molecule has 0 aliphatic heterocycles. The Balaban J connectivity index is 2.29. The Bertz CT molecular complexity index is 931. The second-order valence-electron chi connectivity index (χ2n) is 5.02. The third-order valence-electron chi connectivity index (χ3n) is 3.44. The number of fused-ring (bicyclic) bond motifs is 1. The fourth-order valence-electron chi connectivity index (χ4n) is 2.42. The molecule has 0 saturated heterocycles. The Morgan fingerprint density at radius 1 is 1.08 bits per heavy atom. The highest BCUT2D eigenvalue weighted by atomic mass is 19.4. The lowest BCUT2D eigenvalue weighted by Gasteiger charge is -2.15. The summed E-state index contributed by atoms with van der Waals surface area (Å²) in [5, 5.41) is 0.124. The van der Waals surface area contributed by atoms with Gasteiger partial charge in [-0.15, -0.1) is 0 Å². The molecule has 0 aliphatic rings. The summed E-state index contributed by atoms with van der Waals surface area (Å²) in [5.41, 5.74) is -0.678. The van der Waals surface area contributed by atoms with E-state index in [1.165, 1.54) is 42.5 Å². The van der Waals surface area contributed by atoms with Crippen molar-refractivity contribution in [2.75, 3.05) is 6.61 Å². The third kappa shape index (κ3) is 2.84. The number of benzene rings is 2. The van der Waals surface area contributed by atoms with Gasteiger partial charge in [0.1, 0.15) is 5.75 Å². The van der Waals surface area contributed by atoms with Crippen molar-refractivity contribution >= 4 is 10.9 Å². The number of alkyl halides is 3. The molecule has 0 saturated carbocycles. The van der Waals surface area contributed by atoms with Crippen LogP contribution in [0.3, 0.4) is 0 Å². The topological polar surface area (TPSA) is 44.1 Å². The zero-order valence-corrected chi connectivity index (χ0v) is 12.7. The van der Waals surface area contributed by atoms with Crippen molar-refractivity contribution in [3.63, 3.8) is 0 Å². The monoisotopic (exact) mass is 334 g/mol. The standard InChI is InChI=1S/C17H13F3N2O2/c1-2-24-12-9-7-11(8-10-12)22-15(23)13-5-3-4-6-14(13)21-16(22)17(18,19)20/h3-10H,2H2,1H3. The first-order valence-electron chi connectivity index (χ1n) is 7.24. The van der Waals surface area contributed by atoms with Gasteiger partial charge in [-0.2, -0.15) is 13.2 Å². The smallest absolute Gasteiger partial charge is 0.450 e. The van der Waals surface area contributed by atoms with Crippen LogP contribution in [-0.2, 0) is 6.18 Å². The molecule has 3 aromatic rings. The third-order valence-corrected chi connectivity index (χ3v) is 3.44. The van der Waals surface area contributed by atoms with E-state index in [-0.39, 0.29) is 16.6 Å². The molecule has 0 aliphatic carbocycles. The first kappa shape index (κ1) is 16.0. The van der Waals surface area contributed by atoms with E-state index >= 15 is 0 Å². The predicted molar refractivity (Wildman–Crippen MR) is 83.5 cm³/mol. The van der Waals surface area contributed by atoms with Gasteiger partial charge in [-0.1, -0.05) is 12.1 Å². The first-order chi connectivity index (χ1) is 11.4. The maximum atomic E-state index is 13.4. The van der Waals surface area contributed by atoms with Gasteiger partial charge in [-0.05, 0) is 43.3 Å². The lowest BCUT2D eigenvalue weighted by Crippen LogP contribution is -2.28. The van der Waals surface area contributed by atoms with Gasteiger partial charge < -0.3 is 4.74 Å². The lowest BCUT2D eigenvalue weighted by atomic mass is 10.2. The number of ether oxygens (including phenoxy) is 1. The molecule has 1 aromatic heterocycles. The van der Waals surface area contributed by atoms with Crippen molar-refractivity contribution in [3.05, 3.63) is 64.7 Å². The molecule has 7 heteroatoms. The van der Waals surface area contributed by atoms with Gasteiger partial charge in [0.05, 0.1) is 23.2 Å². The summed E-state index contributed by atoms with van der Waals surface area (Å²) in [5.74, 6) is -0.744. The molecule has 0 spiro atoms. The molecule has 0 atom stereocenters. The molecular formula is C17H13F3N2O2. The molecule has 0 N–H and O–H groups in total. The van der Waals surface area contributed by atoms with Crippen LogP contribution in [0.15, 0.2) is 53.3 Å². The number of hydrogen-bond donors (Lipinski definition) is 0. The first-order valence-corrected chi connectivity index (χ1v) is 7.24. The van der Waals surface area contributed by atoms with Crippen LogP contribution in [0, 0.1) is 0 Å². The van der Waals surface area contributed by atoms with Crippen LogP contribution < -0.4 is 10.3 Å². The van der Waals surface area contributed by atoms with Gasteiger partial charge in [0.15, 0.2) is 0 Å². The molecule has 0 fully saturated rings. The van der Waals surface area contributed by atoms with Crippen LogP contribution in [0.5, 0.6) is 5.75 Å². The molecule has 0 amide bonds. The highest BCUT2D eigenvalue weighted by Gasteiger charge is 2.37. The molecule has 3 rings (SSSR count). The Labute approximate surface area is 135 Å². The highest BCUT2D eigenvalue weighted by Crippen LogP contribution is 2.30. The SMILES string of the molecule is CCOc1ccc(-n2c(C(F)(F)F)nc3ccccc3c2=O)cc1. The van der Waals surface area contributed by atoms with E-state index in [1.807, 2.05) is 0 Å². The minimum atomic E-state index is -4.76. The number of rotatable bonds is 3. The van der Waals surface area contributed by atoms with Gasteiger partial charge >= 0.3 is 6.18 Å². The molecule has 4 nitrogen and oxygen atoms in total. The molecular weight excluding hydrogens is 321 g/mol. The van der Waals surface area contributed by atoms with Crippen molar-refractivity contribution in [1.82, 2.24) is 9.55 Å². The van der Waals surface area contributed by atoms with E-state index < -0.39 is 17.6 Å². The fraction of sp³-hybridized carbons (Fsp3) is 0.176. The Hall–Kier alpha value is -2.83. The highest BCUT2D eigenvalue weighted by molar-refractivity contribution is 5.77. The number of nitrogens with zero attached hydrogens (tertiary/aromatic N) is 2. The van der Waals surface area contributed by atoms with Gasteiger partial charge in [-0.3, -0.25) is 9.36 Å². The fourth-order valence-corrected chi connectivity index (χ4v) is 2.42. The molecule has 1 heterocycles. The number of para-hydroxylation sites is 1. The van der Waals surface area contributed by atoms with Crippen LogP contribution in [0.4, 0.5) is 13.2 Å². The maximum Gasteiger partial charge on any atom is 0.450 e. The van der Waals surface area contributed by atoms with Crippen LogP contribution in [0.2, 0.25) is 0 Å². The average molecular weight is 334 g/mol. The summed E-state index contributed by atoms with van der Waals surface area (Å²) in [6.07, 6.45) is -4.76. The summed E-state index contributed by atoms with van der Waals surface area (Å²) in [7, 11) is 0. The van der Waals surface area contributed by atoms with Crippen molar-refractivity contribution in [3.8, 4) is 11.4 Å². The largest absolute Gasteiger partial charge is 0.494 e. The van der Waals surface area contributed by atoms with Crippen molar-refractivity contribution in [2.24, 2.45) is 0 Å². The zero-order valence-electron chi connectivity index (χ0n) is 12.7. The zero-order chi connectivity index (χ0) is 17.3. The van der Waals surface area contributed by atoms with E-state index in [2.05, 4.69) is 4.98 Å². The van der Waals surface area contributed by atoms with Crippen LogP contribution in [0.1, 0.15) is 12.7 Å². The quantitative estimate of drug-likeness (QED) is 0.732. The van der Waals surface area contributed by atoms with Gasteiger partial charge in [0, 0.05) is 0 Å². The Morgan fingerprint density at radius 2 is 1.75 bits per heavy atom. The number of halogens is 3. The summed E-state index contributed by atoms with van der Waals surface area (Å²) in [4.78, 5) is 16.2. The van der Waals surface area contributed by atoms with E-state index in [0.717, 1.165) is 0 Å². The van der Waals surface area contributed by atoms with Crippen molar-refractivity contribution in [1.29, 1.82) is 0 Å². The van der Waals surface area contributed by atoms with E-state index in [1.54, 1.807) is 13.0 Å².